The molecular weight excluding hydrogens is 220 g/mol. The predicted octanol–water partition coefficient (Wildman–Crippen LogP) is 2.96. The third-order valence-corrected chi connectivity index (χ3v) is 3.75. The zero-order valence-electron chi connectivity index (χ0n) is 11.6. The van der Waals surface area contributed by atoms with Crippen LogP contribution in [0.25, 0.3) is 0 Å². The van der Waals surface area contributed by atoms with Crippen LogP contribution in [0.2, 0.25) is 0 Å². The molecule has 2 aromatic rings. The Hall–Kier alpha value is -1.80. The van der Waals surface area contributed by atoms with Gasteiger partial charge < -0.3 is 10.6 Å². The average molecular weight is 239 g/mol. The molecule has 1 aliphatic heterocycles. The van der Waals surface area contributed by atoms with Crippen molar-refractivity contribution in [1.29, 1.82) is 0 Å². The molecule has 2 N–H and O–H groups in total. The molecule has 2 aromatic carbocycles. The van der Waals surface area contributed by atoms with Crippen molar-refractivity contribution in [2.45, 2.75) is 12.5 Å². The molecule has 2 nitrogen and oxygen atoms in total. The highest BCUT2D eigenvalue weighted by Gasteiger charge is 2.25. The van der Waals surface area contributed by atoms with Gasteiger partial charge in [0, 0.05) is 24.7 Å². The fraction of sp³-hybridized carbons (Fsp3) is 0.250. The minimum atomic E-state index is 0. The Labute approximate surface area is 110 Å². The van der Waals surface area contributed by atoms with Crippen LogP contribution >= 0.6 is 0 Å². The SMILES string of the molecule is CN1Cc2c(N)cccc2C(c2ccccc2)C1.[H+]. The van der Waals surface area contributed by atoms with Gasteiger partial charge >= 0.3 is 1.43 Å². The molecule has 0 aliphatic carbocycles. The molecule has 0 spiro atoms. The lowest BCUT2D eigenvalue weighted by molar-refractivity contribution is 0.296. The number of anilines is 1. The Kier molecular flexibility index (Phi) is 2.80. The molecule has 0 bridgehead atoms. The number of fused-ring (bicyclic) bond motifs is 1. The van der Waals surface area contributed by atoms with Crippen molar-refractivity contribution in [1.82, 2.24) is 4.90 Å². The van der Waals surface area contributed by atoms with Crippen LogP contribution in [0.1, 0.15) is 24.0 Å². The third-order valence-electron chi connectivity index (χ3n) is 3.75. The molecule has 0 saturated carbocycles. The molecule has 0 fully saturated rings. The molecule has 1 aliphatic rings. The number of nitrogens with two attached hydrogens (primary N) is 1. The highest BCUT2D eigenvalue weighted by molar-refractivity contribution is 5.54. The minimum Gasteiger partial charge on any atom is -0.398 e. The maximum atomic E-state index is 6.12. The summed E-state index contributed by atoms with van der Waals surface area (Å²) in [7, 11) is 2.16. The molecule has 18 heavy (non-hydrogen) atoms. The number of benzene rings is 2. The highest BCUT2D eigenvalue weighted by atomic mass is 15.1. The maximum Gasteiger partial charge on any atom is 1.00 e. The second-order valence-corrected chi connectivity index (χ2v) is 5.08. The first-order chi connectivity index (χ1) is 8.75. The van der Waals surface area contributed by atoms with E-state index in [9.17, 15) is 0 Å². The van der Waals surface area contributed by atoms with Crippen molar-refractivity contribution in [3.05, 3.63) is 65.2 Å². The standard InChI is InChI=1S/C16H18N2/c1-18-10-14(12-6-3-2-4-7-12)13-8-5-9-16(17)15(13)11-18/h2-9,14H,10-11,17H2,1H3/p+1. The first kappa shape index (κ1) is 11.3. The molecular formula is C16H19N2+. The topological polar surface area (TPSA) is 29.3 Å². The van der Waals surface area contributed by atoms with E-state index in [1.54, 1.807) is 0 Å². The zero-order chi connectivity index (χ0) is 12.5. The van der Waals surface area contributed by atoms with Crippen molar-refractivity contribution < 1.29 is 1.43 Å². The van der Waals surface area contributed by atoms with Crippen LogP contribution in [-0.4, -0.2) is 18.5 Å². The smallest absolute Gasteiger partial charge is 0.398 e. The van der Waals surface area contributed by atoms with Gasteiger partial charge in [-0.25, -0.2) is 0 Å². The van der Waals surface area contributed by atoms with Crippen molar-refractivity contribution in [3.8, 4) is 0 Å². The number of nitrogens with zero attached hydrogens (tertiary/aromatic N) is 1. The molecule has 1 unspecified atom stereocenters. The number of rotatable bonds is 1. The van der Waals surface area contributed by atoms with E-state index in [1.807, 2.05) is 6.07 Å². The lowest BCUT2D eigenvalue weighted by Gasteiger charge is -2.33. The quantitative estimate of drug-likeness (QED) is 0.775. The largest absolute Gasteiger partial charge is 1.00 e. The summed E-state index contributed by atoms with van der Waals surface area (Å²) in [6.07, 6.45) is 0. The van der Waals surface area contributed by atoms with Crippen LogP contribution in [-0.2, 0) is 6.54 Å². The Bertz CT molecular complexity index is 554. The van der Waals surface area contributed by atoms with Crippen molar-refractivity contribution in [2.24, 2.45) is 0 Å². The summed E-state index contributed by atoms with van der Waals surface area (Å²) >= 11 is 0. The normalized spacial score (nSPS) is 19.5. The molecule has 2 heteroatoms. The maximum absolute atomic E-state index is 6.12. The lowest BCUT2D eigenvalue weighted by Crippen LogP contribution is -2.31. The second-order valence-electron chi connectivity index (χ2n) is 5.08. The summed E-state index contributed by atoms with van der Waals surface area (Å²) < 4.78 is 0. The number of nitrogen functional groups attached to an aromatic ring is 1. The van der Waals surface area contributed by atoms with Crippen LogP contribution < -0.4 is 5.73 Å². The van der Waals surface area contributed by atoms with Crippen LogP contribution in [0.15, 0.2) is 48.5 Å². The van der Waals surface area contributed by atoms with E-state index in [1.165, 1.54) is 16.7 Å². The fourth-order valence-electron chi connectivity index (χ4n) is 2.85. The van der Waals surface area contributed by atoms with Gasteiger partial charge in [-0.05, 0) is 29.8 Å². The number of hydrogen-bond donors (Lipinski definition) is 1. The lowest BCUT2D eigenvalue weighted by atomic mass is 9.84. The Morgan fingerprint density at radius 3 is 2.67 bits per heavy atom. The molecule has 3 rings (SSSR count). The van der Waals surface area contributed by atoms with Gasteiger partial charge in [0.25, 0.3) is 0 Å². The van der Waals surface area contributed by atoms with E-state index < -0.39 is 0 Å². The molecule has 0 radical (unpaired) electrons. The van der Waals surface area contributed by atoms with E-state index in [4.69, 9.17) is 5.73 Å². The Balaban J connectivity index is 0.00000133. The van der Waals surface area contributed by atoms with E-state index >= 15 is 0 Å². The summed E-state index contributed by atoms with van der Waals surface area (Å²) in [6, 6.07) is 17.0. The van der Waals surface area contributed by atoms with Gasteiger partial charge in [-0.1, -0.05) is 42.5 Å². The van der Waals surface area contributed by atoms with Gasteiger partial charge in [-0.3, -0.25) is 0 Å². The number of likely N-dealkylation sites (N-methyl/N-ethyl adjacent to an activating group) is 1. The molecule has 1 heterocycles. The summed E-state index contributed by atoms with van der Waals surface area (Å²) in [5.41, 5.74) is 11.1. The first-order valence-electron chi connectivity index (χ1n) is 6.36. The summed E-state index contributed by atoms with van der Waals surface area (Å²) in [4.78, 5) is 2.34. The molecule has 0 saturated heterocycles. The monoisotopic (exact) mass is 239 g/mol. The molecule has 0 amide bonds. The van der Waals surface area contributed by atoms with Gasteiger partial charge in [0.15, 0.2) is 0 Å². The Morgan fingerprint density at radius 1 is 1.11 bits per heavy atom. The van der Waals surface area contributed by atoms with Crippen LogP contribution in [0, 0.1) is 0 Å². The Morgan fingerprint density at radius 2 is 1.89 bits per heavy atom. The van der Waals surface area contributed by atoms with E-state index in [0.29, 0.717) is 5.92 Å². The average Bonchev–Trinajstić information content (AvgIpc) is 2.40. The highest BCUT2D eigenvalue weighted by Crippen LogP contribution is 2.35. The second kappa shape index (κ2) is 4.46. The van der Waals surface area contributed by atoms with Gasteiger partial charge in [-0.15, -0.1) is 0 Å². The van der Waals surface area contributed by atoms with Crippen molar-refractivity contribution in [3.63, 3.8) is 0 Å². The molecule has 0 aromatic heterocycles. The third kappa shape index (κ3) is 1.89. The van der Waals surface area contributed by atoms with Gasteiger partial charge in [-0.2, -0.15) is 0 Å². The summed E-state index contributed by atoms with van der Waals surface area (Å²) in [5, 5.41) is 0. The van der Waals surface area contributed by atoms with Gasteiger partial charge in [0.2, 0.25) is 0 Å². The first-order valence-corrected chi connectivity index (χ1v) is 6.36. The predicted molar refractivity (Wildman–Crippen MR) is 76.6 cm³/mol. The summed E-state index contributed by atoms with van der Waals surface area (Å²) in [6.45, 7) is 2.01. The van der Waals surface area contributed by atoms with Crippen molar-refractivity contribution >= 4 is 5.69 Å². The molecule has 92 valence electrons. The van der Waals surface area contributed by atoms with E-state index in [2.05, 4.69) is 54.4 Å². The summed E-state index contributed by atoms with van der Waals surface area (Å²) in [5.74, 6) is 0.434. The van der Waals surface area contributed by atoms with Gasteiger partial charge in [0.05, 0.1) is 0 Å². The van der Waals surface area contributed by atoms with E-state index in [-0.39, 0.29) is 1.43 Å². The van der Waals surface area contributed by atoms with Crippen LogP contribution in [0.3, 0.4) is 0 Å². The van der Waals surface area contributed by atoms with Crippen molar-refractivity contribution in [2.75, 3.05) is 19.3 Å². The fourth-order valence-corrected chi connectivity index (χ4v) is 2.85. The molecule has 1 atom stereocenters. The van der Waals surface area contributed by atoms with Crippen LogP contribution in [0.4, 0.5) is 5.69 Å². The zero-order valence-corrected chi connectivity index (χ0v) is 10.6. The minimum absolute atomic E-state index is 0. The number of hydrogen-bond acceptors (Lipinski definition) is 2. The van der Waals surface area contributed by atoms with E-state index in [0.717, 1.165) is 18.8 Å². The van der Waals surface area contributed by atoms with Gasteiger partial charge in [0.1, 0.15) is 0 Å². The van der Waals surface area contributed by atoms with Crippen LogP contribution in [0.5, 0.6) is 0 Å².